The Morgan fingerprint density at radius 2 is 1.26 bits per heavy atom. The lowest BCUT2D eigenvalue weighted by Crippen LogP contribution is -2.25. The van der Waals surface area contributed by atoms with Crippen LogP contribution in [0, 0.1) is 13.8 Å². The molecular weight excluding hydrogens is 528 g/mol. The van der Waals surface area contributed by atoms with Crippen LogP contribution in [-0.4, -0.2) is 33.3 Å². The maximum Gasteiger partial charge on any atom is 0.275 e. The highest BCUT2D eigenvalue weighted by Crippen LogP contribution is 2.37. The van der Waals surface area contributed by atoms with Crippen molar-refractivity contribution in [3.05, 3.63) is 128 Å². The minimum atomic E-state index is -0.667. The molecule has 0 aliphatic carbocycles. The fraction of sp³-hybridized carbons (Fsp3) is 0.294. The van der Waals surface area contributed by atoms with Gasteiger partial charge in [-0.2, -0.15) is 0 Å². The van der Waals surface area contributed by atoms with Crippen molar-refractivity contribution in [1.82, 2.24) is 19.6 Å². The average Bonchev–Trinajstić information content (AvgIpc) is 3.48. The van der Waals surface area contributed by atoms with Gasteiger partial charge in [-0.15, -0.1) is 0 Å². The summed E-state index contributed by atoms with van der Waals surface area (Å²) >= 11 is 0. The largest absolute Gasteiger partial charge is 0.493 e. The number of benzene rings is 3. The highest BCUT2D eigenvalue weighted by Gasteiger charge is 2.31. The number of aryl methyl sites for hydroxylation is 2. The number of rotatable bonds is 12. The lowest BCUT2D eigenvalue weighted by atomic mass is 9.85. The molecule has 5 rings (SSSR count). The average molecular weight is 567 g/mol. The molecule has 0 saturated heterocycles. The first kappa shape index (κ1) is 28.8. The number of aromatic amines is 2. The minimum Gasteiger partial charge on any atom is -0.493 e. The Labute approximate surface area is 245 Å². The summed E-state index contributed by atoms with van der Waals surface area (Å²) in [6.07, 6.45) is 4.41. The van der Waals surface area contributed by atoms with E-state index in [1.807, 2.05) is 92.7 Å². The van der Waals surface area contributed by atoms with Crippen LogP contribution < -0.4 is 20.6 Å². The molecule has 0 aliphatic heterocycles. The van der Waals surface area contributed by atoms with Crippen LogP contribution in [0.15, 0.2) is 88.5 Å². The van der Waals surface area contributed by atoms with Gasteiger partial charge < -0.3 is 9.47 Å². The first-order chi connectivity index (χ1) is 20.4. The quantitative estimate of drug-likeness (QED) is 0.171. The standard InChI is InChI=1S/C34H38N4O4/c1-5-6-7-14-21-42-28-20-19-25(22-29(28)41-4)32(30-23(2)35-37(33(30)39)26-15-10-8-11-16-26)31-24(3)36-38(34(31)40)27-17-12-9-13-18-27/h8-13,15-20,22,32,35-36H,5-7,14,21H2,1-4H3. The molecule has 0 atom stereocenters. The Bertz CT molecular complexity index is 1650. The Kier molecular flexibility index (Phi) is 8.81. The van der Waals surface area contributed by atoms with Crippen LogP contribution in [0.1, 0.15) is 66.6 Å². The van der Waals surface area contributed by atoms with Crippen molar-refractivity contribution in [2.45, 2.75) is 52.4 Å². The zero-order chi connectivity index (χ0) is 29.6. The molecule has 0 spiro atoms. The van der Waals surface area contributed by atoms with Gasteiger partial charge in [0.1, 0.15) is 0 Å². The molecule has 5 aromatic rings. The first-order valence-corrected chi connectivity index (χ1v) is 14.5. The van der Waals surface area contributed by atoms with Gasteiger partial charge in [0.15, 0.2) is 11.5 Å². The van der Waals surface area contributed by atoms with Crippen molar-refractivity contribution in [3.8, 4) is 22.9 Å². The molecule has 3 aromatic carbocycles. The van der Waals surface area contributed by atoms with E-state index in [1.54, 1.807) is 7.11 Å². The molecule has 218 valence electrons. The first-order valence-electron chi connectivity index (χ1n) is 14.5. The maximum atomic E-state index is 14.1. The van der Waals surface area contributed by atoms with Gasteiger partial charge >= 0.3 is 0 Å². The lowest BCUT2D eigenvalue weighted by molar-refractivity contribution is 0.285. The van der Waals surface area contributed by atoms with Gasteiger partial charge in [0.05, 0.1) is 36.2 Å². The van der Waals surface area contributed by atoms with Crippen molar-refractivity contribution in [1.29, 1.82) is 0 Å². The summed E-state index contributed by atoms with van der Waals surface area (Å²) in [5.74, 6) is 0.526. The minimum absolute atomic E-state index is 0.217. The molecule has 0 radical (unpaired) electrons. The van der Waals surface area contributed by atoms with Crippen molar-refractivity contribution in [3.63, 3.8) is 0 Å². The molecule has 42 heavy (non-hydrogen) atoms. The van der Waals surface area contributed by atoms with E-state index in [-0.39, 0.29) is 11.1 Å². The number of para-hydroxylation sites is 2. The van der Waals surface area contributed by atoms with E-state index in [9.17, 15) is 9.59 Å². The summed E-state index contributed by atoms with van der Waals surface area (Å²) < 4.78 is 14.9. The number of ether oxygens (including phenoxy) is 2. The van der Waals surface area contributed by atoms with Crippen LogP contribution in [0.5, 0.6) is 11.5 Å². The van der Waals surface area contributed by atoms with Crippen LogP contribution in [-0.2, 0) is 0 Å². The summed E-state index contributed by atoms with van der Waals surface area (Å²) in [6.45, 7) is 6.51. The summed E-state index contributed by atoms with van der Waals surface area (Å²) in [5, 5.41) is 6.48. The molecule has 2 aromatic heterocycles. The van der Waals surface area contributed by atoms with Crippen molar-refractivity contribution >= 4 is 0 Å². The van der Waals surface area contributed by atoms with Gasteiger partial charge in [0.25, 0.3) is 11.1 Å². The molecule has 0 bridgehead atoms. The summed E-state index contributed by atoms with van der Waals surface area (Å²) in [7, 11) is 1.60. The highest BCUT2D eigenvalue weighted by molar-refractivity contribution is 5.52. The number of hydrogen-bond acceptors (Lipinski definition) is 4. The van der Waals surface area contributed by atoms with Crippen molar-refractivity contribution in [2.24, 2.45) is 0 Å². The van der Waals surface area contributed by atoms with E-state index in [2.05, 4.69) is 17.1 Å². The fourth-order valence-electron chi connectivity index (χ4n) is 5.49. The molecule has 0 fully saturated rings. The lowest BCUT2D eigenvalue weighted by Gasteiger charge is -2.18. The summed E-state index contributed by atoms with van der Waals surface area (Å²) in [5.41, 5.74) is 4.09. The zero-order valence-corrected chi connectivity index (χ0v) is 24.6. The number of hydrogen-bond donors (Lipinski definition) is 2. The van der Waals surface area contributed by atoms with E-state index in [1.165, 1.54) is 15.8 Å². The van der Waals surface area contributed by atoms with Crippen LogP contribution in [0.2, 0.25) is 0 Å². The molecular formula is C34H38N4O4. The van der Waals surface area contributed by atoms with Crippen molar-refractivity contribution < 1.29 is 9.47 Å². The van der Waals surface area contributed by atoms with Gasteiger partial charge in [-0.25, -0.2) is 9.36 Å². The van der Waals surface area contributed by atoms with Crippen LogP contribution in [0.3, 0.4) is 0 Å². The van der Waals surface area contributed by atoms with E-state index >= 15 is 0 Å². The Hall–Kier alpha value is -4.72. The number of aromatic nitrogens is 4. The molecule has 8 nitrogen and oxygen atoms in total. The van der Waals surface area contributed by atoms with Gasteiger partial charge in [-0.3, -0.25) is 19.8 Å². The molecule has 0 amide bonds. The van der Waals surface area contributed by atoms with Crippen LogP contribution in [0.4, 0.5) is 0 Å². The number of nitrogens with one attached hydrogen (secondary N) is 2. The normalized spacial score (nSPS) is 11.3. The van der Waals surface area contributed by atoms with E-state index < -0.39 is 5.92 Å². The number of H-pyrrole nitrogens is 2. The summed E-state index contributed by atoms with van der Waals surface area (Å²) in [6, 6.07) is 24.5. The Morgan fingerprint density at radius 1 is 0.714 bits per heavy atom. The van der Waals surface area contributed by atoms with Gasteiger partial charge in [0, 0.05) is 17.3 Å². The van der Waals surface area contributed by atoms with Crippen LogP contribution in [0.25, 0.3) is 11.4 Å². The van der Waals surface area contributed by atoms with Gasteiger partial charge in [0.2, 0.25) is 0 Å². The maximum absolute atomic E-state index is 14.1. The van der Waals surface area contributed by atoms with E-state index in [4.69, 9.17) is 9.47 Å². The van der Waals surface area contributed by atoms with Gasteiger partial charge in [-0.1, -0.05) is 68.7 Å². The second-order valence-electron chi connectivity index (χ2n) is 10.5. The predicted octanol–water partition coefficient (Wildman–Crippen LogP) is 6.41. The second kappa shape index (κ2) is 12.9. The molecule has 0 unspecified atom stereocenters. The molecule has 2 N–H and O–H groups in total. The SMILES string of the molecule is CCCCCCOc1ccc(C(c2c(C)[nH]n(-c3ccccc3)c2=O)c2c(C)[nH]n(-c3ccccc3)c2=O)cc1OC. The molecule has 8 heteroatoms. The molecule has 2 heterocycles. The van der Waals surface area contributed by atoms with Gasteiger partial charge in [-0.05, 0) is 62.2 Å². The second-order valence-corrected chi connectivity index (χ2v) is 10.5. The number of unbranched alkanes of at least 4 members (excludes halogenated alkanes) is 3. The molecule has 0 aliphatic rings. The third-order valence-corrected chi connectivity index (χ3v) is 7.62. The third kappa shape index (κ3) is 5.70. The van der Waals surface area contributed by atoms with E-state index in [0.29, 0.717) is 52.0 Å². The monoisotopic (exact) mass is 566 g/mol. The number of nitrogens with zero attached hydrogens (tertiary/aromatic N) is 2. The van der Waals surface area contributed by atoms with E-state index in [0.717, 1.165) is 24.8 Å². The number of methoxy groups -OCH3 is 1. The predicted molar refractivity (Wildman–Crippen MR) is 166 cm³/mol. The smallest absolute Gasteiger partial charge is 0.275 e. The third-order valence-electron chi connectivity index (χ3n) is 7.62. The zero-order valence-electron chi connectivity index (χ0n) is 24.6. The molecule has 0 saturated carbocycles. The topological polar surface area (TPSA) is 94.0 Å². The highest BCUT2D eigenvalue weighted by atomic mass is 16.5. The Morgan fingerprint density at radius 3 is 1.76 bits per heavy atom. The summed E-state index contributed by atoms with van der Waals surface area (Å²) in [4.78, 5) is 28.2. The van der Waals surface area contributed by atoms with Crippen molar-refractivity contribution in [2.75, 3.05) is 13.7 Å². The Balaban J connectivity index is 1.66. The van der Waals surface area contributed by atoms with Crippen LogP contribution >= 0.6 is 0 Å². The fourth-order valence-corrected chi connectivity index (χ4v) is 5.49.